The van der Waals surface area contributed by atoms with Gasteiger partial charge in [-0.3, -0.25) is 4.98 Å². The maximum atomic E-state index is 5.77. The van der Waals surface area contributed by atoms with Crippen LogP contribution in [0.4, 0.5) is 5.82 Å². The minimum atomic E-state index is 0.202. The van der Waals surface area contributed by atoms with Crippen LogP contribution in [-0.2, 0) is 4.74 Å². The van der Waals surface area contributed by atoms with E-state index in [4.69, 9.17) is 9.72 Å². The van der Waals surface area contributed by atoms with Crippen LogP contribution in [0.1, 0.15) is 25.2 Å². The molecule has 0 spiro atoms. The van der Waals surface area contributed by atoms with Crippen molar-refractivity contribution in [3.8, 4) is 5.82 Å². The first-order chi connectivity index (χ1) is 10.0. The standard InChI is InChI=1S/C15H21N5O/c1-10-5-11(2)20(18-10)15-7-16-6-14(17-15)19-8-12(3)21-13(4)9-19/h5-7,12-13H,8-9H2,1-4H3. The summed E-state index contributed by atoms with van der Waals surface area (Å²) in [7, 11) is 0. The maximum absolute atomic E-state index is 5.77. The van der Waals surface area contributed by atoms with Crippen LogP contribution in [0.25, 0.3) is 5.82 Å². The average molecular weight is 287 g/mol. The lowest BCUT2D eigenvalue weighted by molar-refractivity contribution is -0.00548. The van der Waals surface area contributed by atoms with Crippen LogP contribution < -0.4 is 4.90 Å². The Morgan fingerprint density at radius 1 is 1.10 bits per heavy atom. The molecule has 1 saturated heterocycles. The van der Waals surface area contributed by atoms with Crippen molar-refractivity contribution in [2.24, 2.45) is 0 Å². The van der Waals surface area contributed by atoms with Crippen LogP contribution in [-0.4, -0.2) is 45.0 Å². The van der Waals surface area contributed by atoms with Gasteiger partial charge in [-0.05, 0) is 33.8 Å². The van der Waals surface area contributed by atoms with Crippen LogP contribution in [0.2, 0.25) is 0 Å². The van der Waals surface area contributed by atoms with Crippen LogP contribution in [0.15, 0.2) is 18.5 Å². The number of morpholine rings is 1. The Balaban J connectivity index is 1.91. The fraction of sp³-hybridized carbons (Fsp3) is 0.533. The molecule has 21 heavy (non-hydrogen) atoms. The molecule has 0 aromatic carbocycles. The fourth-order valence-corrected chi connectivity index (χ4v) is 2.83. The highest BCUT2D eigenvalue weighted by molar-refractivity contribution is 5.40. The lowest BCUT2D eigenvalue weighted by atomic mass is 10.2. The number of rotatable bonds is 2. The molecule has 0 saturated carbocycles. The molecule has 0 N–H and O–H groups in total. The molecule has 3 rings (SSSR count). The van der Waals surface area contributed by atoms with Gasteiger partial charge in [-0.15, -0.1) is 0 Å². The van der Waals surface area contributed by atoms with Crippen LogP contribution in [0, 0.1) is 13.8 Å². The van der Waals surface area contributed by atoms with Gasteiger partial charge in [0.2, 0.25) is 0 Å². The summed E-state index contributed by atoms with van der Waals surface area (Å²) in [5, 5.41) is 4.47. The summed E-state index contributed by atoms with van der Waals surface area (Å²) in [5.74, 6) is 1.63. The Morgan fingerprint density at radius 2 is 1.76 bits per heavy atom. The first-order valence-electron chi connectivity index (χ1n) is 7.29. The molecule has 2 atom stereocenters. The molecular weight excluding hydrogens is 266 g/mol. The van der Waals surface area contributed by atoms with E-state index in [1.165, 1.54) is 0 Å². The van der Waals surface area contributed by atoms with Crippen molar-refractivity contribution in [3.63, 3.8) is 0 Å². The molecule has 1 fully saturated rings. The molecule has 2 aromatic heterocycles. The van der Waals surface area contributed by atoms with Crippen molar-refractivity contribution in [1.82, 2.24) is 19.7 Å². The molecule has 1 aliphatic heterocycles. The molecule has 6 heteroatoms. The molecule has 0 aliphatic carbocycles. The fourth-order valence-electron chi connectivity index (χ4n) is 2.83. The van der Waals surface area contributed by atoms with Gasteiger partial charge in [0.05, 0.1) is 30.3 Å². The lowest BCUT2D eigenvalue weighted by Crippen LogP contribution is -2.46. The van der Waals surface area contributed by atoms with Gasteiger partial charge in [0.15, 0.2) is 5.82 Å². The molecule has 0 amide bonds. The molecule has 112 valence electrons. The number of ether oxygens (including phenoxy) is 1. The van der Waals surface area contributed by atoms with Gasteiger partial charge in [0, 0.05) is 18.8 Å². The lowest BCUT2D eigenvalue weighted by Gasteiger charge is -2.35. The minimum absolute atomic E-state index is 0.202. The second-order valence-corrected chi connectivity index (χ2v) is 5.74. The topological polar surface area (TPSA) is 56.1 Å². The van der Waals surface area contributed by atoms with Crippen LogP contribution in [0.3, 0.4) is 0 Å². The molecule has 0 bridgehead atoms. The van der Waals surface area contributed by atoms with Crippen molar-refractivity contribution in [3.05, 3.63) is 29.8 Å². The van der Waals surface area contributed by atoms with Gasteiger partial charge in [-0.1, -0.05) is 0 Å². The van der Waals surface area contributed by atoms with E-state index in [2.05, 4.69) is 28.8 Å². The van der Waals surface area contributed by atoms with Gasteiger partial charge in [-0.25, -0.2) is 9.67 Å². The highest BCUT2D eigenvalue weighted by Crippen LogP contribution is 2.19. The average Bonchev–Trinajstić information content (AvgIpc) is 2.77. The quantitative estimate of drug-likeness (QED) is 0.844. The predicted molar refractivity (Wildman–Crippen MR) is 80.9 cm³/mol. The van der Waals surface area contributed by atoms with E-state index in [0.717, 1.165) is 36.1 Å². The summed E-state index contributed by atoms with van der Waals surface area (Å²) in [6, 6.07) is 2.03. The number of anilines is 1. The highest BCUT2D eigenvalue weighted by atomic mass is 16.5. The normalized spacial score (nSPS) is 22.6. The monoisotopic (exact) mass is 287 g/mol. The molecule has 6 nitrogen and oxygen atoms in total. The number of aromatic nitrogens is 4. The second-order valence-electron chi connectivity index (χ2n) is 5.74. The summed E-state index contributed by atoms with van der Waals surface area (Å²) < 4.78 is 7.60. The zero-order valence-corrected chi connectivity index (χ0v) is 12.9. The molecule has 2 aromatic rings. The van der Waals surface area contributed by atoms with E-state index in [1.807, 2.05) is 24.6 Å². The van der Waals surface area contributed by atoms with Gasteiger partial charge >= 0.3 is 0 Å². The third-order valence-electron chi connectivity index (χ3n) is 3.58. The second kappa shape index (κ2) is 5.44. The summed E-state index contributed by atoms with van der Waals surface area (Å²) in [4.78, 5) is 11.3. The van der Waals surface area contributed by atoms with Gasteiger partial charge < -0.3 is 9.64 Å². The van der Waals surface area contributed by atoms with Crippen LogP contribution >= 0.6 is 0 Å². The Bertz CT molecular complexity index is 629. The van der Waals surface area contributed by atoms with Crippen molar-refractivity contribution in [1.29, 1.82) is 0 Å². The SMILES string of the molecule is Cc1cc(C)n(-c2cncc(N3CC(C)OC(C)C3)n2)n1. The maximum Gasteiger partial charge on any atom is 0.174 e. The molecule has 2 unspecified atom stereocenters. The Kier molecular flexibility index (Phi) is 3.63. The molecular formula is C15H21N5O. The van der Waals surface area contributed by atoms with E-state index in [1.54, 1.807) is 12.4 Å². The van der Waals surface area contributed by atoms with E-state index in [0.29, 0.717) is 0 Å². The van der Waals surface area contributed by atoms with E-state index in [-0.39, 0.29) is 12.2 Å². The van der Waals surface area contributed by atoms with Crippen molar-refractivity contribution >= 4 is 5.82 Å². The number of aryl methyl sites for hydroxylation is 2. The molecule has 1 aliphatic rings. The minimum Gasteiger partial charge on any atom is -0.372 e. The Morgan fingerprint density at radius 3 is 2.38 bits per heavy atom. The largest absolute Gasteiger partial charge is 0.372 e. The molecule has 0 radical (unpaired) electrons. The van der Waals surface area contributed by atoms with Crippen molar-refractivity contribution < 1.29 is 4.74 Å². The number of hydrogen-bond donors (Lipinski definition) is 0. The first-order valence-corrected chi connectivity index (χ1v) is 7.29. The third-order valence-corrected chi connectivity index (χ3v) is 3.58. The van der Waals surface area contributed by atoms with Crippen LogP contribution in [0.5, 0.6) is 0 Å². The summed E-state index contributed by atoms with van der Waals surface area (Å²) in [6.07, 6.45) is 3.96. The summed E-state index contributed by atoms with van der Waals surface area (Å²) >= 11 is 0. The van der Waals surface area contributed by atoms with E-state index >= 15 is 0 Å². The Labute approximate surface area is 124 Å². The Hall–Kier alpha value is -1.95. The summed E-state index contributed by atoms with van der Waals surface area (Å²) in [5.41, 5.74) is 2.04. The van der Waals surface area contributed by atoms with Crippen molar-refractivity contribution in [2.75, 3.05) is 18.0 Å². The number of nitrogens with zero attached hydrogens (tertiary/aromatic N) is 5. The van der Waals surface area contributed by atoms with E-state index in [9.17, 15) is 0 Å². The van der Waals surface area contributed by atoms with Gasteiger partial charge in [-0.2, -0.15) is 5.10 Å². The molecule has 3 heterocycles. The van der Waals surface area contributed by atoms with Gasteiger partial charge in [0.25, 0.3) is 0 Å². The zero-order valence-electron chi connectivity index (χ0n) is 12.9. The first kappa shape index (κ1) is 14.0. The van der Waals surface area contributed by atoms with Crippen molar-refractivity contribution in [2.45, 2.75) is 39.9 Å². The zero-order chi connectivity index (χ0) is 15.0. The smallest absolute Gasteiger partial charge is 0.174 e. The predicted octanol–water partition coefficient (Wildman–Crippen LogP) is 1.89. The summed E-state index contributed by atoms with van der Waals surface area (Å²) in [6.45, 7) is 9.83. The third kappa shape index (κ3) is 2.90. The van der Waals surface area contributed by atoms with Gasteiger partial charge in [0.1, 0.15) is 5.82 Å². The highest BCUT2D eigenvalue weighted by Gasteiger charge is 2.23. The van der Waals surface area contributed by atoms with E-state index < -0.39 is 0 Å². The number of hydrogen-bond acceptors (Lipinski definition) is 5.